The first kappa shape index (κ1) is 21.7. The standard InChI is InChI=1S/C27H25N3O4/c31-25-11-5-15-29(25)16-6-17-30-18-14-20-21(27(30)33)9-4-10-22(20)28-26(32)24-13-12-23(34-24)19-7-2-1-3-8-19/h1-4,7-10,12-14,18H,5-6,11,15-17H2,(H,28,32). The summed E-state index contributed by atoms with van der Waals surface area (Å²) in [4.78, 5) is 39.5. The minimum Gasteiger partial charge on any atom is -0.451 e. The lowest BCUT2D eigenvalue weighted by atomic mass is 10.1. The molecule has 0 saturated carbocycles. The van der Waals surface area contributed by atoms with E-state index in [9.17, 15) is 14.4 Å². The van der Waals surface area contributed by atoms with Gasteiger partial charge >= 0.3 is 0 Å². The van der Waals surface area contributed by atoms with Crippen molar-refractivity contribution < 1.29 is 14.0 Å². The molecule has 0 bridgehead atoms. The number of furan rings is 1. The first-order valence-electron chi connectivity index (χ1n) is 11.5. The van der Waals surface area contributed by atoms with Gasteiger partial charge in [-0.2, -0.15) is 0 Å². The van der Waals surface area contributed by atoms with Crippen molar-refractivity contribution in [2.24, 2.45) is 0 Å². The highest BCUT2D eigenvalue weighted by Crippen LogP contribution is 2.25. The molecular weight excluding hydrogens is 430 g/mol. The predicted molar refractivity (Wildman–Crippen MR) is 131 cm³/mol. The van der Waals surface area contributed by atoms with Crippen LogP contribution in [0.5, 0.6) is 0 Å². The monoisotopic (exact) mass is 455 g/mol. The van der Waals surface area contributed by atoms with Gasteiger partial charge in [-0.05, 0) is 43.2 Å². The number of nitrogens with one attached hydrogen (secondary N) is 1. The molecule has 0 atom stereocenters. The molecule has 7 nitrogen and oxygen atoms in total. The normalized spacial score (nSPS) is 13.5. The van der Waals surface area contributed by atoms with Crippen LogP contribution in [-0.2, 0) is 11.3 Å². The predicted octanol–water partition coefficient (Wildman–Crippen LogP) is 4.53. The first-order chi connectivity index (χ1) is 16.6. The second-order valence-corrected chi connectivity index (χ2v) is 8.40. The number of carbonyl (C=O) groups is 2. The molecule has 2 aromatic heterocycles. The molecule has 0 unspecified atom stereocenters. The molecule has 0 radical (unpaired) electrons. The molecule has 5 rings (SSSR count). The fraction of sp³-hybridized carbons (Fsp3) is 0.222. The first-order valence-corrected chi connectivity index (χ1v) is 11.5. The Labute approximate surface area is 196 Å². The van der Waals surface area contributed by atoms with E-state index in [1.807, 2.05) is 41.3 Å². The highest BCUT2D eigenvalue weighted by atomic mass is 16.3. The van der Waals surface area contributed by atoms with Gasteiger partial charge < -0.3 is 19.2 Å². The second-order valence-electron chi connectivity index (χ2n) is 8.40. The molecule has 1 fully saturated rings. The Balaban J connectivity index is 1.31. The molecule has 3 heterocycles. The van der Waals surface area contributed by atoms with Gasteiger partial charge in [-0.25, -0.2) is 0 Å². The number of benzene rings is 2. The van der Waals surface area contributed by atoms with Crippen LogP contribution in [0.25, 0.3) is 22.1 Å². The van der Waals surface area contributed by atoms with Crippen LogP contribution >= 0.6 is 0 Å². The minimum absolute atomic E-state index is 0.120. The van der Waals surface area contributed by atoms with Crippen molar-refractivity contribution in [3.8, 4) is 11.3 Å². The van der Waals surface area contributed by atoms with Crippen molar-refractivity contribution in [3.63, 3.8) is 0 Å². The van der Waals surface area contributed by atoms with E-state index in [1.165, 1.54) is 0 Å². The zero-order valence-corrected chi connectivity index (χ0v) is 18.7. The fourth-order valence-electron chi connectivity index (χ4n) is 4.38. The zero-order chi connectivity index (χ0) is 23.5. The molecule has 1 aliphatic heterocycles. The number of amides is 2. The molecule has 34 heavy (non-hydrogen) atoms. The number of nitrogens with zero attached hydrogens (tertiary/aromatic N) is 2. The summed E-state index contributed by atoms with van der Waals surface area (Å²) in [6.07, 6.45) is 3.99. The Bertz CT molecular complexity index is 1400. The Morgan fingerprint density at radius 3 is 2.56 bits per heavy atom. The highest BCUT2D eigenvalue weighted by Gasteiger charge is 2.19. The molecule has 1 aliphatic rings. The largest absolute Gasteiger partial charge is 0.451 e. The van der Waals surface area contributed by atoms with Gasteiger partial charge in [-0.3, -0.25) is 14.4 Å². The third-order valence-electron chi connectivity index (χ3n) is 6.15. The van der Waals surface area contributed by atoms with Gasteiger partial charge in [0.15, 0.2) is 5.76 Å². The minimum atomic E-state index is -0.380. The lowest BCUT2D eigenvalue weighted by Crippen LogP contribution is -2.28. The lowest BCUT2D eigenvalue weighted by molar-refractivity contribution is -0.127. The summed E-state index contributed by atoms with van der Waals surface area (Å²) < 4.78 is 7.41. The van der Waals surface area contributed by atoms with Crippen LogP contribution in [0.3, 0.4) is 0 Å². The Hall–Kier alpha value is -4.13. The van der Waals surface area contributed by atoms with E-state index in [1.54, 1.807) is 41.1 Å². The summed E-state index contributed by atoms with van der Waals surface area (Å²) in [5.74, 6) is 0.621. The van der Waals surface area contributed by atoms with Crippen molar-refractivity contribution in [3.05, 3.63) is 89.0 Å². The third kappa shape index (κ3) is 4.37. The van der Waals surface area contributed by atoms with Gasteiger partial charge in [0, 0.05) is 54.3 Å². The van der Waals surface area contributed by atoms with Gasteiger partial charge in [0.1, 0.15) is 5.76 Å². The van der Waals surface area contributed by atoms with Gasteiger partial charge in [0.05, 0.1) is 0 Å². The maximum absolute atomic E-state index is 13.0. The topological polar surface area (TPSA) is 84.5 Å². The quantitative estimate of drug-likeness (QED) is 0.444. The number of aromatic nitrogens is 1. The number of carbonyl (C=O) groups excluding carboxylic acids is 2. The van der Waals surface area contributed by atoms with Gasteiger partial charge in [-0.1, -0.05) is 36.4 Å². The highest BCUT2D eigenvalue weighted by molar-refractivity contribution is 6.07. The van der Waals surface area contributed by atoms with E-state index in [2.05, 4.69) is 5.32 Å². The van der Waals surface area contributed by atoms with E-state index < -0.39 is 0 Å². The average molecular weight is 456 g/mol. The summed E-state index contributed by atoms with van der Waals surface area (Å²) in [5, 5.41) is 4.07. The van der Waals surface area contributed by atoms with Crippen LogP contribution in [0.2, 0.25) is 0 Å². The Morgan fingerprint density at radius 1 is 0.912 bits per heavy atom. The summed E-state index contributed by atoms with van der Waals surface area (Å²) in [5.41, 5.74) is 1.32. The van der Waals surface area contributed by atoms with Crippen molar-refractivity contribution >= 4 is 28.3 Å². The number of hydrogen-bond acceptors (Lipinski definition) is 4. The van der Waals surface area contributed by atoms with E-state index in [0.717, 1.165) is 24.9 Å². The molecule has 2 amide bonds. The average Bonchev–Trinajstić information content (AvgIpc) is 3.51. The van der Waals surface area contributed by atoms with Crippen molar-refractivity contribution in [1.82, 2.24) is 9.47 Å². The van der Waals surface area contributed by atoms with Crippen molar-refractivity contribution in [1.29, 1.82) is 0 Å². The smallest absolute Gasteiger partial charge is 0.291 e. The Morgan fingerprint density at radius 2 is 1.76 bits per heavy atom. The van der Waals surface area contributed by atoms with E-state index in [0.29, 0.717) is 41.7 Å². The van der Waals surface area contributed by atoms with Crippen LogP contribution in [0, 0.1) is 0 Å². The second kappa shape index (κ2) is 9.39. The number of hydrogen-bond donors (Lipinski definition) is 1. The maximum atomic E-state index is 13.0. The molecule has 172 valence electrons. The molecule has 0 spiro atoms. The van der Waals surface area contributed by atoms with Crippen LogP contribution in [0.1, 0.15) is 29.8 Å². The molecular formula is C27H25N3O4. The number of rotatable bonds is 7. The fourth-order valence-corrected chi connectivity index (χ4v) is 4.38. The summed E-state index contributed by atoms with van der Waals surface area (Å²) in [6, 6.07) is 20.1. The number of fused-ring (bicyclic) bond motifs is 1. The molecule has 4 aromatic rings. The number of likely N-dealkylation sites (tertiary alicyclic amines) is 1. The molecule has 1 saturated heterocycles. The van der Waals surface area contributed by atoms with Crippen LogP contribution in [-0.4, -0.2) is 34.4 Å². The number of aryl methyl sites for hydroxylation is 1. The lowest BCUT2D eigenvalue weighted by Gasteiger charge is -2.16. The summed E-state index contributed by atoms with van der Waals surface area (Å²) >= 11 is 0. The van der Waals surface area contributed by atoms with Gasteiger partial charge in [0.2, 0.25) is 5.91 Å². The van der Waals surface area contributed by atoms with Gasteiger partial charge in [0.25, 0.3) is 11.5 Å². The summed E-state index contributed by atoms with van der Waals surface area (Å²) in [6.45, 7) is 1.99. The van der Waals surface area contributed by atoms with Crippen LogP contribution in [0.15, 0.2) is 82.1 Å². The number of pyridine rings is 1. The van der Waals surface area contributed by atoms with Crippen LogP contribution in [0.4, 0.5) is 5.69 Å². The van der Waals surface area contributed by atoms with Crippen LogP contribution < -0.4 is 10.9 Å². The maximum Gasteiger partial charge on any atom is 0.291 e. The van der Waals surface area contributed by atoms with E-state index in [4.69, 9.17) is 4.42 Å². The number of anilines is 1. The van der Waals surface area contributed by atoms with E-state index >= 15 is 0 Å². The van der Waals surface area contributed by atoms with Gasteiger partial charge in [-0.15, -0.1) is 0 Å². The zero-order valence-electron chi connectivity index (χ0n) is 18.7. The molecule has 7 heteroatoms. The van der Waals surface area contributed by atoms with E-state index in [-0.39, 0.29) is 23.1 Å². The Kier molecular flexibility index (Phi) is 5.99. The van der Waals surface area contributed by atoms with Crippen molar-refractivity contribution in [2.75, 3.05) is 18.4 Å². The molecule has 0 aliphatic carbocycles. The van der Waals surface area contributed by atoms with Crippen molar-refractivity contribution in [2.45, 2.75) is 25.8 Å². The molecule has 2 aromatic carbocycles. The summed E-state index contributed by atoms with van der Waals surface area (Å²) in [7, 11) is 0. The SMILES string of the molecule is O=C(Nc1cccc2c(=O)n(CCCN3CCCC3=O)ccc12)c1ccc(-c2ccccc2)o1. The molecule has 1 N–H and O–H groups in total. The third-order valence-corrected chi connectivity index (χ3v) is 6.15.